The van der Waals surface area contributed by atoms with E-state index in [9.17, 15) is 29.1 Å². The summed E-state index contributed by atoms with van der Waals surface area (Å²) in [5.74, 6) is -2.86. The zero-order valence-corrected chi connectivity index (χ0v) is 30.4. The van der Waals surface area contributed by atoms with E-state index in [2.05, 4.69) is 23.0 Å². The summed E-state index contributed by atoms with van der Waals surface area (Å²) in [5.41, 5.74) is 1.35. The number of esters is 1. The molecule has 0 radical (unpaired) electrons. The lowest BCUT2D eigenvalue weighted by Gasteiger charge is -2.37. The molecule has 3 heterocycles. The highest BCUT2D eigenvalue weighted by molar-refractivity contribution is 7.18. The normalized spacial score (nSPS) is 26.4. The maximum atomic E-state index is 14.3. The molecule has 2 aromatic rings. The summed E-state index contributed by atoms with van der Waals surface area (Å²) in [6.07, 6.45) is 5.22. The second kappa shape index (κ2) is 17.2. The quantitative estimate of drug-likeness (QED) is 0.140. The van der Waals surface area contributed by atoms with Crippen LogP contribution >= 0.6 is 11.3 Å². The van der Waals surface area contributed by atoms with Gasteiger partial charge < -0.3 is 19.9 Å². The highest BCUT2D eigenvalue weighted by atomic mass is 32.1. The van der Waals surface area contributed by atoms with E-state index in [4.69, 9.17) is 9.47 Å². The Bertz CT molecular complexity index is 1640. The Morgan fingerprint density at radius 3 is 2.62 bits per heavy atom. The van der Waals surface area contributed by atoms with Crippen molar-refractivity contribution in [1.82, 2.24) is 15.2 Å². The fraction of sp³-hybridized carbons (Fsp3) is 0.526. The molecule has 0 saturated carbocycles. The average molecular weight is 708 g/mol. The number of rotatable bonds is 8. The summed E-state index contributed by atoms with van der Waals surface area (Å²) in [4.78, 5) is 70.1. The fourth-order valence-corrected chi connectivity index (χ4v) is 7.27. The molecule has 1 aromatic heterocycles. The van der Waals surface area contributed by atoms with Crippen LogP contribution in [0.25, 0.3) is 10.2 Å². The van der Waals surface area contributed by atoms with E-state index < -0.39 is 59.9 Å². The van der Waals surface area contributed by atoms with E-state index in [1.807, 2.05) is 39.0 Å². The van der Waals surface area contributed by atoms with Crippen LogP contribution in [0.1, 0.15) is 89.3 Å². The number of hydrogen-bond donors (Lipinski definition) is 2. The molecular formula is C38H49N3O8S. The highest BCUT2D eigenvalue weighted by Gasteiger charge is 2.45. The second-order valence-electron chi connectivity index (χ2n) is 13.8. The van der Waals surface area contributed by atoms with Gasteiger partial charge in [-0.1, -0.05) is 44.6 Å². The molecule has 4 rings (SSSR count). The fourth-order valence-electron chi connectivity index (χ4n) is 6.46. The number of benzene rings is 1. The first-order valence-corrected chi connectivity index (χ1v) is 18.1. The summed E-state index contributed by atoms with van der Waals surface area (Å²) in [6.45, 7) is 13.2. The predicted molar refractivity (Wildman–Crippen MR) is 191 cm³/mol. The number of cyclic esters (lactones) is 1. The van der Waals surface area contributed by atoms with Crippen LogP contribution in [0.4, 0.5) is 4.79 Å². The molecule has 0 aliphatic carbocycles. The van der Waals surface area contributed by atoms with E-state index >= 15 is 0 Å². The molecule has 3 amide bonds. The number of nitrogens with one attached hydrogen (secondary N) is 1. The molecule has 0 fully saturated rings. The Morgan fingerprint density at radius 1 is 1.20 bits per heavy atom. The monoisotopic (exact) mass is 707 g/mol. The number of carbonyl (C=O) groups excluding carboxylic acids is 5. The molecule has 2 aliphatic rings. The van der Waals surface area contributed by atoms with Crippen molar-refractivity contribution in [1.29, 1.82) is 0 Å². The van der Waals surface area contributed by atoms with Crippen molar-refractivity contribution >= 4 is 51.2 Å². The number of aryl methyl sites for hydroxylation is 1. The third-order valence-electron chi connectivity index (χ3n) is 9.59. The lowest BCUT2D eigenvalue weighted by molar-refractivity contribution is -0.156. The van der Waals surface area contributed by atoms with Crippen LogP contribution in [-0.2, 0) is 28.7 Å². The van der Waals surface area contributed by atoms with Crippen molar-refractivity contribution in [3.63, 3.8) is 0 Å². The number of amides is 3. The molecule has 0 unspecified atom stereocenters. The van der Waals surface area contributed by atoms with Gasteiger partial charge in [0, 0.05) is 31.7 Å². The lowest BCUT2D eigenvalue weighted by Crippen LogP contribution is -2.48. The average Bonchev–Trinajstić information content (AvgIpc) is 3.60. The Kier molecular flexibility index (Phi) is 13.3. The number of ketones is 1. The number of nitrogens with zero attached hydrogens (tertiary/aromatic N) is 2. The van der Waals surface area contributed by atoms with Crippen LogP contribution < -0.4 is 5.32 Å². The summed E-state index contributed by atoms with van der Waals surface area (Å²) in [6, 6.07) is 5.85. The largest absolute Gasteiger partial charge is 0.457 e. The molecule has 0 saturated heterocycles. The van der Waals surface area contributed by atoms with E-state index in [-0.39, 0.29) is 31.2 Å². The topological polar surface area (TPSA) is 152 Å². The van der Waals surface area contributed by atoms with Crippen LogP contribution in [0, 0.1) is 24.2 Å². The first-order chi connectivity index (χ1) is 23.7. The first kappa shape index (κ1) is 38.6. The van der Waals surface area contributed by atoms with E-state index in [1.54, 1.807) is 31.3 Å². The number of hydrogen-bond acceptors (Lipinski definition) is 10. The number of fused-ring (bicyclic) bond motifs is 1. The molecule has 0 bridgehead atoms. The minimum absolute atomic E-state index is 0.144. The maximum Gasteiger partial charge on any atom is 0.407 e. The number of aliphatic hydroxyl groups excluding tert-OH is 1. The van der Waals surface area contributed by atoms with Crippen LogP contribution in [0.5, 0.6) is 0 Å². The number of allylic oxidation sites excluding steroid dienone is 2. The smallest absolute Gasteiger partial charge is 0.407 e. The number of Topliss-reactive ketones (excluding diaryl/α,β-unsaturated/α-hetero) is 1. The van der Waals surface area contributed by atoms with Gasteiger partial charge >= 0.3 is 12.1 Å². The summed E-state index contributed by atoms with van der Waals surface area (Å²) >= 11 is 1.59. The van der Waals surface area contributed by atoms with Gasteiger partial charge in [0.25, 0.3) is 11.8 Å². The number of carbonyl (C=O) groups is 5. The molecule has 11 nitrogen and oxygen atoms in total. The van der Waals surface area contributed by atoms with Crippen LogP contribution in [0.2, 0.25) is 0 Å². The number of aromatic nitrogens is 1. The Hall–Kier alpha value is -4.16. The predicted octanol–water partition coefficient (Wildman–Crippen LogP) is 6.29. The third kappa shape index (κ3) is 9.75. The van der Waals surface area contributed by atoms with Gasteiger partial charge in [0.2, 0.25) is 0 Å². The van der Waals surface area contributed by atoms with Crippen molar-refractivity contribution in [2.75, 3.05) is 13.1 Å². The maximum absolute atomic E-state index is 14.3. The first-order valence-electron chi connectivity index (χ1n) is 17.2. The molecule has 270 valence electrons. The van der Waals surface area contributed by atoms with Gasteiger partial charge in [-0.05, 0) is 69.6 Å². The van der Waals surface area contributed by atoms with Crippen molar-refractivity contribution in [3.05, 3.63) is 65.2 Å². The summed E-state index contributed by atoms with van der Waals surface area (Å²) in [5, 5.41) is 15.0. The van der Waals surface area contributed by atoms with E-state index in [0.29, 0.717) is 19.3 Å². The number of alkyl carbamates (subject to hydrolysis) is 1. The molecule has 2 N–H and O–H groups in total. The minimum atomic E-state index is -1.40. The standard InChI is InChI=1S/C38H49N3O8S/c1-7-10-27-35(49-37(47)39-19-9-20-41-32(43)17-18-33(41)44)24(3)12-8-11-23(2)13-15-29(26-14-16-30-28(21-26)40-25(4)50-30)48-34(45)22-31(42)38(5,6)36(27)46/h7,13-14,16-18,21,24,27,29,31,35,42H,1,8-12,15,19-20,22H2,2-6H3,(H,39,47)/b23-13-/t24-,27+,29-,31-,35-/m0/s1. The zero-order valence-electron chi connectivity index (χ0n) is 29.6. The zero-order chi connectivity index (χ0) is 36.6. The molecular weight excluding hydrogens is 658 g/mol. The van der Waals surface area contributed by atoms with Crippen LogP contribution in [-0.4, -0.2) is 69.9 Å². The molecule has 0 spiro atoms. The van der Waals surface area contributed by atoms with E-state index in [0.717, 1.165) is 44.1 Å². The third-order valence-corrected chi connectivity index (χ3v) is 10.5. The number of ether oxygens (including phenoxy) is 2. The van der Waals surface area contributed by atoms with Gasteiger partial charge in [0.15, 0.2) is 0 Å². The van der Waals surface area contributed by atoms with Gasteiger partial charge in [-0.2, -0.15) is 0 Å². The molecule has 2 aliphatic heterocycles. The number of aliphatic hydroxyl groups is 1. The highest BCUT2D eigenvalue weighted by Crippen LogP contribution is 2.36. The molecule has 12 heteroatoms. The van der Waals surface area contributed by atoms with Crippen molar-refractivity contribution in [2.24, 2.45) is 17.3 Å². The van der Waals surface area contributed by atoms with Crippen LogP contribution in [0.15, 0.2) is 54.7 Å². The van der Waals surface area contributed by atoms with Gasteiger partial charge in [0.1, 0.15) is 18.0 Å². The molecule has 5 atom stereocenters. The number of imide groups is 1. The SMILES string of the molecule is C=CC[C@H]1C(=O)C(C)(C)[C@@H](O)CC(=O)O[C@H](c2ccc3sc(C)nc3c2)C/C=C(/C)CCC[C@H](C)[C@@H]1OC(=O)NCCCN1C(=O)C=CC1=O. The second-order valence-corrected chi connectivity index (χ2v) is 15.1. The van der Waals surface area contributed by atoms with Gasteiger partial charge in [-0.15, -0.1) is 17.9 Å². The lowest BCUT2D eigenvalue weighted by atomic mass is 9.71. The number of thiazole rings is 1. The van der Waals surface area contributed by atoms with Crippen molar-refractivity contribution in [2.45, 2.75) is 97.9 Å². The Morgan fingerprint density at radius 2 is 1.92 bits per heavy atom. The van der Waals surface area contributed by atoms with Gasteiger partial charge in [0.05, 0.1) is 39.1 Å². The minimum Gasteiger partial charge on any atom is -0.457 e. The van der Waals surface area contributed by atoms with E-state index in [1.165, 1.54) is 12.2 Å². The van der Waals surface area contributed by atoms with Crippen molar-refractivity contribution < 1.29 is 38.6 Å². The molecule has 50 heavy (non-hydrogen) atoms. The Balaban J connectivity index is 1.53. The van der Waals surface area contributed by atoms with Crippen LogP contribution in [0.3, 0.4) is 0 Å². The van der Waals surface area contributed by atoms with Gasteiger partial charge in [-0.25, -0.2) is 9.78 Å². The Labute approximate surface area is 297 Å². The van der Waals surface area contributed by atoms with Crippen molar-refractivity contribution in [3.8, 4) is 0 Å². The van der Waals surface area contributed by atoms with Gasteiger partial charge in [-0.3, -0.25) is 24.1 Å². The summed E-state index contributed by atoms with van der Waals surface area (Å²) < 4.78 is 13.0. The molecule has 1 aromatic carbocycles. The summed E-state index contributed by atoms with van der Waals surface area (Å²) in [7, 11) is 0.